The van der Waals surface area contributed by atoms with Crippen molar-refractivity contribution in [3.63, 3.8) is 0 Å². The number of nitrogens with one attached hydrogen (secondary N) is 1. The fourth-order valence-electron chi connectivity index (χ4n) is 4.14. The van der Waals surface area contributed by atoms with Crippen LogP contribution in [0.4, 0.5) is 17.6 Å². The maximum absolute atomic E-state index is 14.4. The number of nitrogens with zero attached hydrogens (tertiary/aromatic N) is 3. The minimum Gasteiger partial charge on any atom is -0.406 e. The maximum atomic E-state index is 14.4. The zero-order valence-electron chi connectivity index (χ0n) is 16.8. The number of amides is 1. The number of likely N-dealkylation sites (N-methyl/N-ethyl adjacent to an activating group) is 1. The molecule has 0 aliphatic carbocycles. The summed E-state index contributed by atoms with van der Waals surface area (Å²) in [5, 5.41) is 3.34. The number of benzene rings is 1. The Hall–Kier alpha value is -2.46. The predicted octanol–water partition coefficient (Wildman–Crippen LogP) is 3.94. The molecule has 2 aliphatic rings. The summed E-state index contributed by atoms with van der Waals surface area (Å²) in [7, 11) is 1.76. The van der Waals surface area contributed by atoms with E-state index in [0.29, 0.717) is 37.3 Å². The van der Waals surface area contributed by atoms with Crippen molar-refractivity contribution >= 4 is 18.3 Å². The second-order valence-corrected chi connectivity index (χ2v) is 7.74. The normalized spacial score (nSPS) is 23.4. The summed E-state index contributed by atoms with van der Waals surface area (Å²) in [5.74, 6) is -0.849. The topological polar surface area (TPSA) is 67.3 Å². The van der Waals surface area contributed by atoms with Gasteiger partial charge >= 0.3 is 6.36 Å². The van der Waals surface area contributed by atoms with Crippen LogP contribution in [0.25, 0.3) is 11.3 Å². The minimum atomic E-state index is -4.88. The number of halogens is 5. The molecule has 1 amide bonds. The van der Waals surface area contributed by atoms with Gasteiger partial charge in [0.05, 0.1) is 11.7 Å². The van der Waals surface area contributed by atoms with E-state index in [0.717, 1.165) is 18.2 Å². The number of carbonyl (C=O) groups is 1. The van der Waals surface area contributed by atoms with E-state index in [9.17, 15) is 22.4 Å². The van der Waals surface area contributed by atoms with Crippen molar-refractivity contribution in [2.24, 2.45) is 0 Å². The third kappa shape index (κ3) is 4.59. The molecule has 0 radical (unpaired) electrons. The highest BCUT2D eigenvalue weighted by molar-refractivity contribution is 5.88. The Kier molecular flexibility index (Phi) is 6.16. The number of hydrogen-bond acceptors (Lipinski definition) is 5. The quantitative estimate of drug-likeness (QED) is 0.703. The lowest BCUT2D eigenvalue weighted by Gasteiger charge is -2.23. The number of alkyl halides is 3. The van der Waals surface area contributed by atoms with Gasteiger partial charge < -0.3 is 9.64 Å². The Morgan fingerprint density at radius 1 is 1.23 bits per heavy atom. The molecule has 2 aromatic rings. The molecule has 0 bridgehead atoms. The molecule has 1 aromatic carbocycles. The summed E-state index contributed by atoms with van der Waals surface area (Å²) < 4.78 is 55.9. The first-order valence-electron chi connectivity index (χ1n) is 9.51. The van der Waals surface area contributed by atoms with Crippen molar-refractivity contribution in [1.82, 2.24) is 20.2 Å². The van der Waals surface area contributed by atoms with Gasteiger partial charge in [0.25, 0.3) is 0 Å². The van der Waals surface area contributed by atoms with Crippen molar-refractivity contribution < 1.29 is 27.1 Å². The van der Waals surface area contributed by atoms with Gasteiger partial charge in [-0.2, -0.15) is 0 Å². The molecule has 1 aromatic heterocycles. The van der Waals surface area contributed by atoms with Gasteiger partial charge in [-0.1, -0.05) is 0 Å². The lowest BCUT2D eigenvalue weighted by molar-refractivity contribution is -0.274. The van der Waals surface area contributed by atoms with Crippen LogP contribution in [0.2, 0.25) is 0 Å². The van der Waals surface area contributed by atoms with Crippen LogP contribution in [-0.2, 0) is 4.79 Å². The molecule has 0 saturated carbocycles. The Morgan fingerprint density at radius 3 is 2.61 bits per heavy atom. The number of likely N-dealkylation sites (tertiary alicyclic amines) is 1. The average Bonchev–Trinajstić information content (AvgIpc) is 3.22. The third-order valence-corrected chi connectivity index (χ3v) is 5.57. The molecule has 0 unspecified atom stereocenters. The highest BCUT2D eigenvalue weighted by atomic mass is 35.5. The van der Waals surface area contributed by atoms with Crippen molar-refractivity contribution in [3.8, 4) is 17.0 Å². The number of carbonyl (C=O) groups excluding carboxylic acids is 1. The van der Waals surface area contributed by atoms with Crippen LogP contribution in [0, 0.1) is 12.7 Å². The lowest BCUT2D eigenvalue weighted by atomic mass is 9.96. The van der Waals surface area contributed by atoms with Gasteiger partial charge in [0, 0.05) is 24.8 Å². The number of aryl methyl sites for hydroxylation is 1. The summed E-state index contributed by atoms with van der Waals surface area (Å²) in [6, 6.07) is 3.97. The third-order valence-electron chi connectivity index (χ3n) is 5.57. The van der Waals surface area contributed by atoms with E-state index in [-0.39, 0.29) is 35.6 Å². The Balaban J connectivity index is 0.00000272. The van der Waals surface area contributed by atoms with Crippen LogP contribution >= 0.6 is 12.4 Å². The first-order chi connectivity index (χ1) is 14.1. The second-order valence-electron chi connectivity index (χ2n) is 7.74. The standard InChI is InChI=1S/C20H20F4N4O2.ClH/c1-11-9-16(13-10-12(3-4-14(13)21)30-20(22,23)24)26-17(25-11)15-5-6-19(27-15)7-8-28(2)18(19)29;/h3-4,9-10,15,27H,5-8H2,1-2H3;1H/t15-,19+;/m1./s1. The Morgan fingerprint density at radius 2 is 1.97 bits per heavy atom. The van der Waals surface area contributed by atoms with Crippen molar-refractivity contribution in [3.05, 3.63) is 41.6 Å². The molecular weight excluding hydrogens is 440 g/mol. The van der Waals surface area contributed by atoms with Crippen molar-refractivity contribution in [2.45, 2.75) is 44.1 Å². The van der Waals surface area contributed by atoms with Gasteiger partial charge in [-0.25, -0.2) is 14.4 Å². The second kappa shape index (κ2) is 8.23. The van der Waals surface area contributed by atoms with Gasteiger partial charge in [-0.15, -0.1) is 25.6 Å². The molecule has 2 fully saturated rings. The van der Waals surface area contributed by atoms with Gasteiger partial charge in [0.2, 0.25) is 5.91 Å². The van der Waals surface area contributed by atoms with Gasteiger partial charge in [-0.05, 0) is 50.5 Å². The maximum Gasteiger partial charge on any atom is 0.573 e. The predicted molar refractivity (Wildman–Crippen MR) is 106 cm³/mol. The van der Waals surface area contributed by atoms with E-state index in [1.807, 2.05) is 0 Å². The molecule has 2 saturated heterocycles. The summed E-state index contributed by atoms with van der Waals surface area (Å²) in [6.07, 6.45) is -2.94. The Bertz CT molecular complexity index is 1000. The number of rotatable bonds is 3. The fraction of sp³-hybridized carbons (Fsp3) is 0.450. The highest BCUT2D eigenvalue weighted by Gasteiger charge is 2.50. The average molecular weight is 461 g/mol. The monoisotopic (exact) mass is 460 g/mol. The first kappa shape index (κ1) is 23.2. The molecule has 31 heavy (non-hydrogen) atoms. The SMILES string of the molecule is Cc1cc(-c2cc(OC(F)(F)F)ccc2F)nc([C@H]2CC[C@@]3(CCN(C)C3=O)N2)n1.Cl. The molecule has 168 valence electrons. The zero-order chi connectivity index (χ0) is 21.7. The zero-order valence-corrected chi connectivity index (χ0v) is 17.6. The van der Waals surface area contributed by atoms with E-state index < -0.39 is 23.5 Å². The molecule has 1 spiro atoms. The molecule has 3 heterocycles. The lowest BCUT2D eigenvalue weighted by Crippen LogP contribution is -2.47. The summed E-state index contributed by atoms with van der Waals surface area (Å²) >= 11 is 0. The number of hydrogen-bond donors (Lipinski definition) is 1. The summed E-state index contributed by atoms with van der Waals surface area (Å²) in [4.78, 5) is 23.0. The van der Waals surface area contributed by atoms with Crippen LogP contribution in [0.5, 0.6) is 5.75 Å². The molecule has 4 rings (SSSR count). The van der Waals surface area contributed by atoms with E-state index >= 15 is 0 Å². The molecule has 6 nitrogen and oxygen atoms in total. The van der Waals surface area contributed by atoms with Crippen LogP contribution < -0.4 is 10.1 Å². The summed E-state index contributed by atoms with van der Waals surface area (Å²) in [5.41, 5.74) is -0.0689. The number of aromatic nitrogens is 2. The minimum absolute atomic E-state index is 0. The van der Waals surface area contributed by atoms with Gasteiger partial charge in [-0.3, -0.25) is 10.1 Å². The first-order valence-corrected chi connectivity index (χ1v) is 9.51. The molecule has 1 N–H and O–H groups in total. The van der Waals surface area contributed by atoms with E-state index in [2.05, 4.69) is 20.0 Å². The van der Waals surface area contributed by atoms with Crippen LogP contribution in [0.3, 0.4) is 0 Å². The number of ether oxygens (including phenoxy) is 1. The van der Waals surface area contributed by atoms with E-state index in [4.69, 9.17) is 0 Å². The smallest absolute Gasteiger partial charge is 0.406 e. The van der Waals surface area contributed by atoms with Crippen molar-refractivity contribution in [1.29, 1.82) is 0 Å². The van der Waals surface area contributed by atoms with Gasteiger partial charge in [0.15, 0.2) is 0 Å². The molecule has 2 atom stereocenters. The van der Waals surface area contributed by atoms with E-state index in [1.54, 1.807) is 18.9 Å². The fourth-order valence-corrected chi connectivity index (χ4v) is 4.14. The van der Waals surface area contributed by atoms with Crippen molar-refractivity contribution in [2.75, 3.05) is 13.6 Å². The van der Waals surface area contributed by atoms with Gasteiger partial charge in [0.1, 0.15) is 22.9 Å². The molecule has 11 heteroatoms. The molecular formula is C20H21ClF4N4O2. The summed E-state index contributed by atoms with van der Waals surface area (Å²) in [6.45, 7) is 2.36. The van der Waals surface area contributed by atoms with Crippen LogP contribution in [-0.4, -0.2) is 46.3 Å². The highest BCUT2D eigenvalue weighted by Crippen LogP contribution is 2.39. The van der Waals surface area contributed by atoms with Crippen LogP contribution in [0.1, 0.15) is 36.8 Å². The largest absolute Gasteiger partial charge is 0.573 e. The Labute approximate surface area is 182 Å². The van der Waals surface area contributed by atoms with E-state index in [1.165, 1.54) is 6.07 Å². The molecule has 2 aliphatic heterocycles. The van der Waals surface area contributed by atoms with Crippen LogP contribution in [0.15, 0.2) is 24.3 Å².